The molecule has 4 rings (SSSR count). The lowest BCUT2D eigenvalue weighted by Gasteiger charge is -2.26. The highest BCUT2D eigenvalue weighted by molar-refractivity contribution is 6.06. The smallest absolute Gasteiger partial charge is 0.265 e. The van der Waals surface area contributed by atoms with E-state index in [1.807, 2.05) is 24.3 Å². The second-order valence-electron chi connectivity index (χ2n) is 6.08. The number of carbonyl (C=O) groups is 1. The molecule has 0 spiro atoms. The van der Waals surface area contributed by atoms with Gasteiger partial charge in [-0.05, 0) is 13.0 Å². The Hall–Kier alpha value is -3.09. The average molecular weight is 339 g/mol. The molecule has 0 saturated heterocycles. The number of rotatable bonds is 2. The minimum atomic E-state index is -0.344. The van der Waals surface area contributed by atoms with Crippen molar-refractivity contribution in [2.24, 2.45) is 7.05 Å². The molecule has 25 heavy (non-hydrogen) atoms. The summed E-state index contributed by atoms with van der Waals surface area (Å²) >= 11 is 0. The lowest BCUT2D eigenvalue weighted by Crippen LogP contribution is -2.33. The number of nitrogens with zero attached hydrogens (tertiary/aromatic N) is 2. The van der Waals surface area contributed by atoms with Crippen LogP contribution in [0.15, 0.2) is 39.8 Å². The molecule has 1 atom stereocenters. The molecule has 128 valence electrons. The monoisotopic (exact) mass is 339 g/mol. The SMILES string of the molecule is Cc1oc2ncn(C)c(=O)c2c1C(=O)NC1CCOc2ccccc21. The fourth-order valence-corrected chi connectivity index (χ4v) is 3.18. The molecule has 1 aromatic carbocycles. The van der Waals surface area contributed by atoms with Crippen LogP contribution in [0.1, 0.15) is 34.1 Å². The number of hydrogen-bond donors (Lipinski definition) is 1. The summed E-state index contributed by atoms with van der Waals surface area (Å²) in [4.78, 5) is 29.4. The van der Waals surface area contributed by atoms with E-state index in [9.17, 15) is 9.59 Å². The highest BCUT2D eigenvalue weighted by atomic mass is 16.5. The van der Waals surface area contributed by atoms with E-state index in [2.05, 4.69) is 10.3 Å². The quantitative estimate of drug-likeness (QED) is 0.772. The fourth-order valence-electron chi connectivity index (χ4n) is 3.18. The van der Waals surface area contributed by atoms with Gasteiger partial charge in [0.15, 0.2) is 0 Å². The van der Waals surface area contributed by atoms with Crippen LogP contribution in [0.5, 0.6) is 5.75 Å². The lowest BCUT2D eigenvalue weighted by molar-refractivity contribution is 0.0924. The largest absolute Gasteiger partial charge is 0.493 e. The Bertz CT molecular complexity index is 1030. The average Bonchev–Trinajstić information content (AvgIpc) is 2.95. The van der Waals surface area contributed by atoms with Gasteiger partial charge in [-0.1, -0.05) is 18.2 Å². The third-order valence-electron chi connectivity index (χ3n) is 4.44. The fraction of sp³-hybridized carbons (Fsp3) is 0.278. The number of amides is 1. The Morgan fingerprint density at radius 3 is 3.00 bits per heavy atom. The number of furan rings is 1. The van der Waals surface area contributed by atoms with Crippen molar-refractivity contribution in [1.82, 2.24) is 14.9 Å². The zero-order chi connectivity index (χ0) is 17.6. The molecule has 0 saturated carbocycles. The molecule has 0 fully saturated rings. The summed E-state index contributed by atoms with van der Waals surface area (Å²) in [6.45, 7) is 2.18. The molecule has 1 N–H and O–H groups in total. The minimum absolute atomic E-state index is 0.178. The summed E-state index contributed by atoms with van der Waals surface area (Å²) in [5.74, 6) is 0.803. The van der Waals surface area contributed by atoms with E-state index in [4.69, 9.17) is 9.15 Å². The molecular weight excluding hydrogens is 322 g/mol. The predicted octanol–water partition coefficient (Wildman–Crippen LogP) is 2.09. The summed E-state index contributed by atoms with van der Waals surface area (Å²) < 4.78 is 12.5. The number of fused-ring (bicyclic) bond motifs is 2. The van der Waals surface area contributed by atoms with Gasteiger partial charge in [-0.2, -0.15) is 0 Å². The third-order valence-corrected chi connectivity index (χ3v) is 4.44. The van der Waals surface area contributed by atoms with Gasteiger partial charge in [-0.15, -0.1) is 0 Å². The number of carbonyl (C=O) groups excluding carboxylic acids is 1. The number of benzene rings is 1. The number of hydrogen-bond acceptors (Lipinski definition) is 5. The zero-order valence-corrected chi connectivity index (χ0v) is 13.9. The highest BCUT2D eigenvalue weighted by Crippen LogP contribution is 2.32. The van der Waals surface area contributed by atoms with Crippen molar-refractivity contribution in [2.75, 3.05) is 6.61 Å². The van der Waals surface area contributed by atoms with E-state index in [1.165, 1.54) is 10.9 Å². The van der Waals surface area contributed by atoms with Crippen molar-refractivity contribution in [1.29, 1.82) is 0 Å². The molecule has 0 radical (unpaired) electrons. The van der Waals surface area contributed by atoms with Crippen molar-refractivity contribution < 1.29 is 13.9 Å². The molecule has 1 unspecified atom stereocenters. The van der Waals surface area contributed by atoms with Crippen LogP contribution in [0.4, 0.5) is 0 Å². The van der Waals surface area contributed by atoms with Crippen LogP contribution in [0.2, 0.25) is 0 Å². The van der Waals surface area contributed by atoms with Crippen LogP contribution >= 0.6 is 0 Å². The molecule has 0 aliphatic carbocycles. The Kier molecular flexibility index (Phi) is 3.56. The number of nitrogens with one attached hydrogen (secondary N) is 1. The maximum Gasteiger partial charge on any atom is 0.265 e. The lowest BCUT2D eigenvalue weighted by atomic mass is 10.00. The first-order valence-corrected chi connectivity index (χ1v) is 8.03. The van der Waals surface area contributed by atoms with Crippen LogP contribution < -0.4 is 15.6 Å². The summed E-state index contributed by atoms with van der Waals surface area (Å²) in [6.07, 6.45) is 2.04. The van der Waals surface area contributed by atoms with Crippen molar-refractivity contribution in [3.63, 3.8) is 0 Å². The van der Waals surface area contributed by atoms with E-state index in [0.29, 0.717) is 18.8 Å². The molecule has 1 aliphatic heterocycles. The van der Waals surface area contributed by atoms with E-state index in [0.717, 1.165) is 11.3 Å². The summed E-state index contributed by atoms with van der Waals surface area (Å²) in [5, 5.41) is 3.21. The van der Waals surface area contributed by atoms with Crippen LogP contribution in [0.3, 0.4) is 0 Å². The van der Waals surface area contributed by atoms with Crippen LogP contribution in [-0.2, 0) is 7.05 Å². The number of ether oxygens (including phenoxy) is 1. The van der Waals surface area contributed by atoms with Crippen LogP contribution in [0, 0.1) is 6.92 Å². The summed E-state index contributed by atoms with van der Waals surface area (Å²) in [7, 11) is 1.59. The zero-order valence-electron chi connectivity index (χ0n) is 13.9. The van der Waals surface area contributed by atoms with E-state index < -0.39 is 0 Å². The number of para-hydroxylation sites is 1. The first-order valence-electron chi connectivity index (χ1n) is 8.03. The minimum Gasteiger partial charge on any atom is -0.493 e. The molecule has 7 heteroatoms. The van der Waals surface area contributed by atoms with Gasteiger partial charge in [0.2, 0.25) is 5.71 Å². The molecule has 3 heterocycles. The standard InChI is InChI=1S/C18H17N3O4/c1-10-14(15-17(25-10)19-9-21(2)18(15)23)16(22)20-12-7-8-24-13-6-4-3-5-11(12)13/h3-6,9,12H,7-8H2,1-2H3,(H,20,22). The topological polar surface area (TPSA) is 86.4 Å². The summed E-state index contributed by atoms with van der Waals surface area (Å²) in [5.41, 5.74) is 1.05. The highest BCUT2D eigenvalue weighted by Gasteiger charge is 2.27. The Labute approximate surface area is 143 Å². The second-order valence-corrected chi connectivity index (χ2v) is 6.08. The van der Waals surface area contributed by atoms with Crippen molar-refractivity contribution in [3.05, 3.63) is 57.8 Å². The number of aryl methyl sites for hydroxylation is 2. The van der Waals surface area contributed by atoms with E-state index >= 15 is 0 Å². The maximum atomic E-state index is 12.9. The molecular formula is C18H17N3O4. The maximum absolute atomic E-state index is 12.9. The summed E-state index contributed by atoms with van der Waals surface area (Å²) in [6, 6.07) is 7.44. The van der Waals surface area contributed by atoms with Gasteiger partial charge in [0.1, 0.15) is 23.2 Å². The first kappa shape index (κ1) is 15.4. The van der Waals surface area contributed by atoms with Gasteiger partial charge >= 0.3 is 0 Å². The number of aromatic nitrogens is 2. The molecule has 0 bridgehead atoms. The normalized spacial score (nSPS) is 16.3. The molecule has 2 aromatic heterocycles. The Morgan fingerprint density at radius 2 is 2.16 bits per heavy atom. The molecule has 1 amide bonds. The van der Waals surface area contributed by atoms with Gasteiger partial charge in [0.05, 0.1) is 18.2 Å². The van der Waals surface area contributed by atoms with E-state index in [-0.39, 0.29) is 34.2 Å². The van der Waals surface area contributed by atoms with Gasteiger partial charge in [0, 0.05) is 19.0 Å². The molecule has 7 nitrogen and oxygen atoms in total. The van der Waals surface area contributed by atoms with Crippen molar-refractivity contribution >= 4 is 17.0 Å². The van der Waals surface area contributed by atoms with Gasteiger partial charge in [-0.3, -0.25) is 9.59 Å². The van der Waals surface area contributed by atoms with Gasteiger partial charge < -0.3 is 19.0 Å². The van der Waals surface area contributed by atoms with Crippen molar-refractivity contribution in [3.8, 4) is 5.75 Å². The second kappa shape index (κ2) is 5.77. The third kappa shape index (κ3) is 2.48. The first-order chi connectivity index (χ1) is 12.1. The molecule has 1 aliphatic rings. The molecule has 3 aromatic rings. The Balaban J connectivity index is 1.74. The van der Waals surface area contributed by atoms with Gasteiger partial charge in [0.25, 0.3) is 11.5 Å². The van der Waals surface area contributed by atoms with E-state index in [1.54, 1.807) is 14.0 Å². The van der Waals surface area contributed by atoms with Gasteiger partial charge in [-0.25, -0.2) is 4.98 Å². The van der Waals surface area contributed by atoms with Crippen LogP contribution in [-0.4, -0.2) is 22.1 Å². The van der Waals surface area contributed by atoms with Crippen LogP contribution in [0.25, 0.3) is 11.1 Å². The predicted molar refractivity (Wildman–Crippen MR) is 90.7 cm³/mol. The van der Waals surface area contributed by atoms with Crippen molar-refractivity contribution in [2.45, 2.75) is 19.4 Å². The Morgan fingerprint density at radius 1 is 1.36 bits per heavy atom.